The van der Waals surface area contributed by atoms with Crippen LogP contribution in [0.15, 0.2) is 12.3 Å². The number of thiazole rings is 1. The molecule has 2 rings (SSSR count). The Labute approximate surface area is 80.8 Å². The molecule has 0 aliphatic heterocycles. The van der Waals surface area contributed by atoms with Crippen LogP contribution in [0.25, 0.3) is 10.3 Å². The van der Waals surface area contributed by atoms with E-state index in [1.165, 1.54) is 0 Å². The van der Waals surface area contributed by atoms with Gasteiger partial charge in [-0.2, -0.15) is 5.10 Å². The molecule has 0 aromatic carbocycles. The van der Waals surface area contributed by atoms with Gasteiger partial charge in [0, 0.05) is 5.41 Å². The van der Waals surface area contributed by atoms with Gasteiger partial charge >= 0.3 is 0 Å². The van der Waals surface area contributed by atoms with Crippen LogP contribution in [-0.4, -0.2) is 15.2 Å². The Bertz CT molecular complexity index is 395. The summed E-state index contributed by atoms with van der Waals surface area (Å²) in [5.41, 5.74) is 0.864. The number of aromatic nitrogens is 3. The van der Waals surface area contributed by atoms with Crippen molar-refractivity contribution in [2.45, 2.75) is 26.2 Å². The van der Waals surface area contributed by atoms with Crippen molar-refractivity contribution in [3.63, 3.8) is 0 Å². The maximum absolute atomic E-state index is 4.43. The average molecular weight is 193 g/mol. The molecule has 0 N–H and O–H groups in total. The van der Waals surface area contributed by atoms with Gasteiger partial charge < -0.3 is 0 Å². The van der Waals surface area contributed by atoms with Gasteiger partial charge in [0.05, 0.1) is 10.9 Å². The molecule has 2 heterocycles. The van der Waals surface area contributed by atoms with Gasteiger partial charge in [0.2, 0.25) is 0 Å². The van der Waals surface area contributed by atoms with E-state index < -0.39 is 0 Å². The van der Waals surface area contributed by atoms with Gasteiger partial charge in [-0.3, -0.25) is 0 Å². The van der Waals surface area contributed by atoms with Crippen molar-refractivity contribution < 1.29 is 0 Å². The molecule has 0 amide bonds. The Morgan fingerprint density at radius 1 is 1.31 bits per heavy atom. The monoisotopic (exact) mass is 193 g/mol. The van der Waals surface area contributed by atoms with Crippen molar-refractivity contribution in [2.75, 3.05) is 0 Å². The highest BCUT2D eigenvalue weighted by Crippen LogP contribution is 2.29. The summed E-state index contributed by atoms with van der Waals surface area (Å²) in [7, 11) is 0. The summed E-state index contributed by atoms with van der Waals surface area (Å²) in [6.07, 6.45) is 1.70. The molecule has 4 heteroatoms. The summed E-state index contributed by atoms with van der Waals surface area (Å²) in [5, 5.41) is 8.88. The molecule has 0 spiro atoms. The smallest absolute Gasteiger partial charge is 0.192 e. The van der Waals surface area contributed by atoms with Gasteiger partial charge in [0.1, 0.15) is 5.01 Å². The molecule has 68 valence electrons. The quantitative estimate of drug-likeness (QED) is 0.644. The zero-order valence-electron chi connectivity index (χ0n) is 7.90. The maximum Gasteiger partial charge on any atom is 0.192 e. The second-order valence-electron chi connectivity index (χ2n) is 3.99. The lowest BCUT2D eigenvalue weighted by molar-refractivity contribution is 0.586. The highest BCUT2D eigenvalue weighted by Gasteiger charge is 2.18. The van der Waals surface area contributed by atoms with E-state index in [0.29, 0.717) is 0 Å². The fourth-order valence-corrected chi connectivity index (χ4v) is 1.97. The maximum atomic E-state index is 4.43. The fourth-order valence-electron chi connectivity index (χ4n) is 1.01. The summed E-state index contributed by atoms with van der Waals surface area (Å²) in [4.78, 5) is 4.43. The van der Waals surface area contributed by atoms with Crippen LogP contribution in [0.4, 0.5) is 0 Å². The molecule has 0 atom stereocenters. The summed E-state index contributed by atoms with van der Waals surface area (Å²) in [6, 6.07) is 1.95. The molecule has 0 aliphatic rings. The third kappa shape index (κ3) is 1.54. The van der Waals surface area contributed by atoms with Crippen LogP contribution in [0.5, 0.6) is 0 Å². The fraction of sp³-hybridized carbons (Fsp3) is 0.444. The van der Waals surface area contributed by atoms with Crippen molar-refractivity contribution in [3.8, 4) is 0 Å². The van der Waals surface area contributed by atoms with E-state index in [9.17, 15) is 0 Å². The lowest BCUT2D eigenvalue weighted by atomic mass is 9.98. The minimum Gasteiger partial charge on any atom is -0.219 e. The zero-order valence-corrected chi connectivity index (χ0v) is 8.72. The standard InChI is InChI=1S/C9H11N3S/c1-9(2,3)8-11-7-6(13-8)4-5-10-12-7/h4-5H,1-3H3. The predicted molar refractivity (Wildman–Crippen MR) is 53.9 cm³/mol. The number of hydrogen-bond donors (Lipinski definition) is 0. The molecule has 2 aromatic rings. The summed E-state index contributed by atoms with van der Waals surface area (Å²) < 4.78 is 1.11. The Hall–Kier alpha value is -1.03. The average Bonchev–Trinajstić information content (AvgIpc) is 2.45. The molecular weight excluding hydrogens is 182 g/mol. The highest BCUT2D eigenvalue weighted by molar-refractivity contribution is 7.18. The van der Waals surface area contributed by atoms with Gasteiger partial charge in [-0.15, -0.1) is 16.4 Å². The van der Waals surface area contributed by atoms with Crippen molar-refractivity contribution in [3.05, 3.63) is 17.3 Å². The Kier molecular flexibility index (Phi) is 1.80. The minimum absolute atomic E-state index is 0.103. The first kappa shape index (κ1) is 8.56. The van der Waals surface area contributed by atoms with Crippen LogP contribution in [0.2, 0.25) is 0 Å². The lowest BCUT2D eigenvalue weighted by Gasteiger charge is -2.12. The summed E-state index contributed by atoms with van der Waals surface area (Å²) in [5.74, 6) is 0. The Morgan fingerprint density at radius 3 is 2.69 bits per heavy atom. The van der Waals surface area contributed by atoms with Gasteiger partial charge in [-0.25, -0.2) is 4.98 Å². The summed E-state index contributed by atoms with van der Waals surface area (Å²) >= 11 is 1.69. The van der Waals surface area contributed by atoms with Gasteiger partial charge in [-0.05, 0) is 6.07 Å². The topological polar surface area (TPSA) is 38.7 Å². The SMILES string of the molecule is CC(C)(C)c1nc2nnccc2s1. The third-order valence-corrected chi connectivity index (χ3v) is 3.16. The first-order valence-corrected chi connectivity index (χ1v) is 4.98. The van der Waals surface area contributed by atoms with E-state index >= 15 is 0 Å². The van der Waals surface area contributed by atoms with E-state index in [4.69, 9.17) is 0 Å². The molecule has 2 aromatic heterocycles. The van der Waals surface area contributed by atoms with E-state index in [0.717, 1.165) is 15.4 Å². The van der Waals surface area contributed by atoms with Crippen LogP contribution in [-0.2, 0) is 5.41 Å². The summed E-state index contributed by atoms with van der Waals surface area (Å²) in [6.45, 7) is 6.45. The van der Waals surface area contributed by atoms with Crippen molar-refractivity contribution in [1.29, 1.82) is 0 Å². The second kappa shape index (κ2) is 2.73. The minimum atomic E-state index is 0.103. The molecule has 13 heavy (non-hydrogen) atoms. The molecule has 0 aliphatic carbocycles. The number of hydrogen-bond acceptors (Lipinski definition) is 4. The Balaban J connectivity index is 2.63. The van der Waals surface area contributed by atoms with Crippen molar-refractivity contribution in [2.24, 2.45) is 0 Å². The molecule has 0 saturated heterocycles. The highest BCUT2D eigenvalue weighted by atomic mass is 32.1. The normalized spacial score (nSPS) is 12.2. The van der Waals surface area contributed by atoms with Crippen LogP contribution >= 0.6 is 11.3 Å². The second-order valence-corrected chi connectivity index (χ2v) is 5.02. The van der Waals surface area contributed by atoms with Crippen molar-refractivity contribution in [1.82, 2.24) is 15.2 Å². The van der Waals surface area contributed by atoms with Crippen LogP contribution in [0.3, 0.4) is 0 Å². The van der Waals surface area contributed by atoms with Crippen LogP contribution in [0.1, 0.15) is 25.8 Å². The molecule has 0 unspecified atom stereocenters. The van der Waals surface area contributed by atoms with E-state index in [1.807, 2.05) is 6.07 Å². The molecular formula is C9H11N3S. The van der Waals surface area contributed by atoms with Crippen LogP contribution in [0, 0.1) is 0 Å². The van der Waals surface area contributed by atoms with Crippen molar-refractivity contribution >= 4 is 21.7 Å². The van der Waals surface area contributed by atoms with Gasteiger partial charge in [-0.1, -0.05) is 20.8 Å². The first-order valence-electron chi connectivity index (χ1n) is 4.16. The molecule has 0 fully saturated rings. The van der Waals surface area contributed by atoms with E-state index in [1.54, 1.807) is 17.5 Å². The van der Waals surface area contributed by atoms with E-state index in [-0.39, 0.29) is 5.41 Å². The Morgan fingerprint density at radius 2 is 2.08 bits per heavy atom. The van der Waals surface area contributed by atoms with Crippen LogP contribution < -0.4 is 0 Å². The third-order valence-electron chi connectivity index (χ3n) is 1.72. The predicted octanol–water partition coefficient (Wildman–Crippen LogP) is 2.38. The van der Waals surface area contributed by atoms with Gasteiger partial charge in [0.25, 0.3) is 0 Å². The molecule has 3 nitrogen and oxygen atoms in total. The lowest BCUT2D eigenvalue weighted by Crippen LogP contribution is -2.09. The molecule has 0 radical (unpaired) electrons. The number of rotatable bonds is 0. The molecule has 0 bridgehead atoms. The number of nitrogens with zero attached hydrogens (tertiary/aromatic N) is 3. The number of fused-ring (bicyclic) bond motifs is 1. The zero-order chi connectivity index (χ0) is 9.47. The molecule has 0 saturated carbocycles. The van der Waals surface area contributed by atoms with Gasteiger partial charge in [0.15, 0.2) is 5.65 Å². The first-order chi connectivity index (χ1) is 6.07. The van der Waals surface area contributed by atoms with E-state index in [2.05, 4.69) is 36.0 Å². The largest absolute Gasteiger partial charge is 0.219 e.